The van der Waals surface area contributed by atoms with Gasteiger partial charge in [0.15, 0.2) is 0 Å². The summed E-state index contributed by atoms with van der Waals surface area (Å²) < 4.78 is 1.88. The molecule has 82 valence electrons. The second-order valence-electron chi connectivity index (χ2n) is 4.36. The molecule has 1 aliphatic carbocycles. The SMILES string of the molecule is Cn1nccc1NC1Cc2ccccc2C1. The molecular formula is C13H15N3. The molecule has 1 aromatic heterocycles. The quantitative estimate of drug-likeness (QED) is 0.827. The van der Waals surface area contributed by atoms with E-state index >= 15 is 0 Å². The first-order chi connectivity index (χ1) is 7.83. The third-order valence-electron chi connectivity index (χ3n) is 3.22. The molecule has 0 atom stereocenters. The highest BCUT2D eigenvalue weighted by atomic mass is 15.3. The molecule has 0 aliphatic heterocycles. The van der Waals surface area contributed by atoms with E-state index in [2.05, 4.69) is 34.7 Å². The maximum absolute atomic E-state index is 4.16. The van der Waals surface area contributed by atoms with Crippen LogP contribution in [0.3, 0.4) is 0 Å². The molecule has 1 N–H and O–H groups in total. The summed E-state index contributed by atoms with van der Waals surface area (Å²) >= 11 is 0. The van der Waals surface area contributed by atoms with Gasteiger partial charge in [-0.25, -0.2) is 0 Å². The zero-order valence-corrected chi connectivity index (χ0v) is 9.35. The topological polar surface area (TPSA) is 29.9 Å². The summed E-state index contributed by atoms with van der Waals surface area (Å²) in [6, 6.07) is 11.2. The van der Waals surface area contributed by atoms with E-state index in [0.717, 1.165) is 18.7 Å². The van der Waals surface area contributed by atoms with E-state index < -0.39 is 0 Å². The van der Waals surface area contributed by atoms with Gasteiger partial charge in [-0.1, -0.05) is 24.3 Å². The van der Waals surface area contributed by atoms with Gasteiger partial charge in [0.1, 0.15) is 5.82 Å². The fraction of sp³-hybridized carbons (Fsp3) is 0.308. The van der Waals surface area contributed by atoms with Crippen LogP contribution in [0.4, 0.5) is 5.82 Å². The van der Waals surface area contributed by atoms with Gasteiger partial charge in [-0.3, -0.25) is 4.68 Å². The van der Waals surface area contributed by atoms with E-state index in [0.29, 0.717) is 6.04 Å². The Bertz CT molecular complexity index is 476. The molecule has 0 unspecified atom stereocenters. The van der Waals surface area contributed by atoms with Crippen molar-refractivity contribution in [1.82, 2.24) is 9.78 Å². The van der Waals surface area contributed by atoms with Crippen molar-refractivity contribution >= 4 is 5.82 Å². The van der Waals surface area contributed by atoms with E-state index in [-0.39, 0.29) is 0 Å². The minimum absolute atomic E-state index is 0.507. The summed E-state index contributed by atoms with van der Waals surface area (Å²) in [7, 11) is 1.96. The molecule has 1 heterocycles. The van der Waals surface area contributed by atoms with Crippen LogP contribution in [0.15, 0.2) is 36.5 Å². The Hall–Kier alpha value is -1.77. The van der Waals surface area contributed by atoms with Gasteiger partial charge in [0, 0.05) is 19.2 Å². The van der Waals surface area contributed by atoms with Gasteiger partial charge in [0.2, 0.25) is 0 Å². The van der Waals surface area contributed by atoms with Crippen LogP contribution in [0, 0.1) is 0 Å². The van der Waals surface area contributed by atoms with Crippen LogP contribution in [-0.2, 0) is 19.9 Å². The van der Waals surface area contributed by atoms with Crippen LogP contribution in [0.2, 0.25) is 0 Å². The number of nitrogens with one attached hydrogen (secondary N) is 1. The van der Waals surface area contributed by atoms with E-state index in [9.17, 15) is 0 Å². The molecule has 0 fully saturated rings. The summed E-state index contributed by atoms with van der Waals surface area (Å²) in [5.74, 6) is 1.10. The number of aromatic nitrogens is 2. The molecule has 16 heavy (non-hydrogen) atoms. The number of hydrogen-bond acceptors (Lipinski definition) is 2. The molecular weight excluding hydrogens is 198 g/mol. The lowest BCUT2D eigenvalue weighted by Crippen LogP contribution is -2.21. The molecule has 0 saturated heterocycles. The Morgan fingerprint density at radius 2 is 1.88 bits per heavy atom. The molecule has 0 radical (unpaired) electrons. The number of fused-ring (bicyclic) bond motifs is 1. The van der Waals surface area contributed by atoms with Crippen molar-refractivity contribution in [3.05, 3.63) is 47.7 Å². The summed E-state index contributed by atoms with van der Waals surface area (Å²) in [5, 5.41) is 7.70. The predicted molar refractivity (Wildman–Crippen MR) is 64.5 cm³/mol. The van der Waals surface area contributed by atoms with Gasteiger partial charge in [-0.2, -0.15) is 5.10 Å². The van der Waals surface area contributed by atoms with Gasteiger partial charge in [0.25, 0.3) is 0 Å². The zero-order chi connectivity index (χ0) is 11.0. The summed E-state index contributed by atoms with van der Waals surface area (Å²) in [6.07, 6.45) is 4.05. The Kier molecular flexibility index (Phi) is 2.17. The van der Waals surface area contributed by atoms with Crippen LogP contribution < -0.4 is 5.32 Å². The van der Waals surface area contributed by atoms with Crippen LogP contribution >= 0.6 is 0 Å². The Labute approximate surface area is 95.1 Å². The summed E-state index contributed by atoms with van der Waals surface area (Å²) in [4.78, 5) is 0. The van der Waals surface area contributed by atoms with Crippen molar-refractivity contribution in [1.29, 1.82) is 0 Å². The Morgan fingerprint density at radius 3 is 2.44 bits per heavy atom. The van der Waals surface area contributed by atoms with Crippen molar-refractivity contribution in [2.75, 3.05) is 5.32 Å². The number of benzene rings is 1. The minimum Gasteiger partial charge on any atom is -0.367 e. The second kappa shape index (κ2) is 3.67. The molecule has 3 heteroatoms. The maximum atomic E-state index is 4.16. The highest BCUT2D eigenvalue weighted by molar-refractivity contribution is 5.41. The molecule has 0 spiro atoms. The molecule has 0 saturated carbocycles. The average molecular weight is 213 g/mol. The predicted octanol–water partition coefficient (Wildman–Crippen LogP) is 2.00. The van der Waals surface area contributed by atoms with Crippen molar-refractivity contribution in [2.45, 2.75) is 18.9 Å². The van der Waals surface area contributed by atoms with Crippen molar-refractivity contribution in [3.63, 3.8) is 0 Å². The molecule has 2 aromatic rings. The fourth-order valence-electron chi connectivity index (χ4n) is 2.39. The highest BCUT2D eigenvalue weighted by Crippen LogP contribution is 2.23. The second-order valence-corrected chi connectivity index (χ2v) is 4.36. The Morgan fingerprint density at radius 1 is 1.19 bits per heavy atom. The average Bonchev–Trinajstić information content (AvgIpc) is 2.85. The highest BCUT2D eigenvalue weighted by Gasteiger charge is 2.21. The number of rotatable bonds is 2. The fourth-order valence-corrected chi connectivity index (χ4v) is 2.39. The first kappa shape index (κ1) is 9.46. The molecule has 0 amide bonds. The first-order valence-electron chi connectivity index (χ1n) is 5.64. The van der Waals surface area contributed by atoms with E-state index in [1.54, 1.807) is 0 Å². The number of nitrogens with zero attached hydrogens (tertiary/aromatic N) is 2. The third kappa shape index (κ3) is 1.58. The number of anilines is 1. The van der Waals surface area contributed by atoms with E-state index in [4.69, 9.17) is 0 Å². The van der Waals surface area contributed by atoms with Crippen molar-refractivity contribution < 1.29 is 0 Å². The lowest BCUT2D eigenvalue weighted by atomic mass is 10.1. The first-order valence-corrected chi connectivity index (χ1v) is 5.64. The zero-order valence-electron chi connectivity index (χ0n) is 9.35. The van der Waals surface area contributed by atoms with Gasteiger partial charge in [0.05, 0.1) is 6.20 Å². The summed E-state index contributed by atoms with van der Waals surface area (Å²) in [5.41, 5.74) is 2.95. The van der Waals surface area contributed by atoms with Crippen LogP contribution in [-0.4, -0.2) is 15.8 Å². The van der Waals surface area contributed by atoms with E-state index in [1.165, 1.54) is 11.1 Å². The molecule has 1 aliphatic rings. The van der Waals surface area contributed by atoms with Crippen molar-refractivity contribution in [3.8, 4) is 0 Å². The smallest absolute Gasteiger partial charge is 0.124 e. The standard InChI is InChI=1S/C13H15N3/c1-16-13(6-7-14-16)15-12-8-10-4-2-3-5-11(10)9-12/h2-7,12,15H,8-9H2,1H3. The monoisotopic (exact) mass is 213 g/mol. The van der Waals surface area contributed by atoms with Crippen LogP contribution in [0.25, 0.3) is 0 Å². The molecule has 1 aromatic carbocycles. The van der Waals surface area contributed by atoms with Gasteiger partial charge >= 0.3 is 0 Å². The van der Waals surface area contributed by atoms with Gasteiger partial charge < -0.3 is 5.32 Å². The lowest BCUT2D eigenvalue weighted by Gasteiger charge is -2.13. The minimum atomic E-state index is 0.507. The van der Waals surface area contributed by atoms with Crippen LogP contribution in [0.5, 0.6) is 0 Å². The normalized spacial score (nSPS) is 15.1. The third-order valence-corrected chi connectivity index (χ3v) is 3.22. The van der Waals surface area contributed by atoms with E-state index in [1.807, 2.05) is 24.0 Å². The van der Waals surface area contributed by atoms with Gasteiger partial charge in [-0.15, -0.1) is 0 Å². The van der Waals surface area contributed by atoms with Crippen LogP contribution in [0.1, 0.15) is 11.1 Å². The lowest BCUT2D eigenvalue weighted by molar-refractivity contribution is 0.721. The van der Waals surface area contributed by atoms with Crippen molar-refractivity contribution in [2.24, 2.45) is 7.05 Å². The Balaban J connectivity index is 1.75. The summed E-state index contributed by atoms with van der Waals surface area (Å²) in [6.45, 7) is 0. The van der Waals surface area contributed by atoms with Gasteiger partial charge in [-0.05, 0) is 24.0 Å². The number of hydrogen-bond donors (Lipinski definition) is 1. The molecule has 0 bridgehead atoms. The molecule has 3 nitrogen and oxygen atoms in total. The number of aryl methyl sites for hydroxylation is 1. The molecule has 3 rings (SSSR count). The largest absolute Gasteiger partial charge is 0.367 e. The maximum Gasteiger partial charge on any atom is 0.124 e.